The van der Waals surface area contributed by atoms with Gasteiger partial charge in [0.1, 0.15) is 11.9 Å². The SMILES string of the molecule is COC1(C(O)c2cc(C)cc(F)c2)CCCCCC1. The van der Waals surface area contributed by atoms with Crippen LogP contribution >= 0.6 is 0 Å². The van der Waals surface area contributed by atoms with Gasteiger partial charge in [0.05, 0.1) is 5.60 Å². The van der Waals surface area contributed by atoms with E-state index in [0.29, 0.717) is 5.56 Å². The minimum Gasteiger partial charge on any atom is -0.385 e. The van der Waals surface area contributed by atoms with Crippen molar-refractivity contribution in [3.05, 3.63) is 35.1 Å². The molecule has 1 aliphatic rings. The molecule has 0 spiro atoms. The largest absolute Gasteiger partial charge is 0.385 e. The average molecular weight is 266 g/mol. The summed E-state index contributed by atoms with van der Waals surface area (Å²) < 4.78 is 19.2. The van der Waals surface area contributed by atoms with Crippen LogP contribution in [-0.2, 0) is 4.74 Å². The Hall–Kier alpha value is -0.930. The molecule has 0 amide bonds. The maximum absolute atomic E-state index is 13.5. The summed E-state index contributed by atoms with van der Waals surface area (Å²) in [5, 5.41) is 10.7. The fourth-order valence-electron chi connectivity index (χ4n) is 3.14. The van der Waals surface area contributed by atoms with E-state index in [2.05, 4.69) is 0 Å². The number of benzene rings is 1. The highest BCUT2D eigenvalue weighted by Crippen LogP contribution is 2.40. The zero-order valence-corrected chi connectivity index (χ0v) is 11.8. The van der Waals surface area contributed by atoms with Crippen molar-refractivity contribution in [2.75, 3.05) is 7.11 Å². The van der Waals surface area contributed by atoms with E-state index in [1.54, 1.807) is 7.11 Å². The molecule has 1 fully saturated rings. The van der Waals surface area contributed by atoms with Crippen LogP contribution in [0.2, 0.25) is 0 Å². The normalized spacial score (nSPS) is 20.8. The van der Waals surface area contributed by atoms with Crippen LogP contribution in [0.25, 0.3) is 0 Å². The van der Waals surface area contributed by atoms with Gasteiger partial charge in [-0.05, 0) is 43.0 Å². The maximum atomic E-state index is 13.5. The molecule has 1 aliphatic carbocycles. The van der Waals surface area contributed by atoms with Crippen molar-refractivity contribution in [2.24, 2.45) is 0 Å². The number of hydrogen-bond donors (Lipinski definition) is 1. The highest BCUT2D eigenvalue weighted by Gasteiger charge is 2.39. The number of halogens is 1. The molecule has 19 heavy (non-hydrogen) atoms. The van der Waals surface area contributed by atoms with Gasteiger partial charge in [-0.2, -0.15) is 0 Å². The van der Waals surface area contributed by atoms with Crippen molar-refractivity contribution in [1.29, 1.82) is 0 Å². The van der Waals surface area contributed by atoms with Crippen LogP contribution in [0.15, 0.2) is 18.2 Å². The van der Waals surface area contributed by atoms with Crippen molar-refractivity contribution >= 4 is 0 Å². The molecule has 0 radical (unpaired) electrons. The quantitative estimate of drug-likeness (QED) is 0.841. The predicted molar refractivity (Wildman–Crippen MR) is 73.5 cm³/mol. The Kier molecular flexibility index (Phi) is 4.58. The van der Waals surface area contributed by atoms with Crippen LogP contribution in [-0.4, -0.2) is 17.8 Å². The van der Waals surface area contributed by atoms with Gasteiger partial charge in [-0.15, -0.1) is 0 Å². The van der Waals surface area contributed by atoms with Crippen LogP contribution in [0.3, 0.4) is 0 Å². The van der Waals surface area contributed by atoms with E-state index in [-0.39, 0.29) is 5.82 Å². The number of aliphatic hydroxyl groups excluding tert-OH is 1. The fourth-order valence-corrected chi connectivity index (χ4v) is 3.14. The summed E-state index contributed by atoms with van der Waals surface area (Å²) in [6.45, 7) is 1.84. The fraction of sp³-hybridized carbons (Fsp3) is 0.625. The standard InChI is InChI=1S/C16H23FO2/c1-12-9-13(11-14(17)10-12)15(18)16(19-2)7-5-3-4-6-8-16/h9-11,15,18H,3-8H2,1-2H3. The Morgan fingerprint density at radius 1 is 1.16 bits per heavy atom. The van der Waals surface area contributed by atoms with Gasteiger partial charge in [0.15, 0.2) is 0 Å². The lowest BCUT2D eigenvalue weighted by Crippen LogP contribution is -2.38. The van der Waals surface area contributed by atoms with E-state index < -0.39 is 11.7 Å². The molecule has 1 N–H and O–H groups in total. The van der Waals surface area contributed by atoms with E-state index in [1.807, 2.05) is 13.0 Å². The van der Waals surface area contributed by atoms with Crippen LogP contribution in [0.4, 0.5) is 4.39 Å². The first kappa shape index (κ1) is 14.5. The molecule has 1 saturated carbocycles. The van der Waals surface area contributed by atoms with Crippen LogP contribution < -0.4 is 0 Å². The predicted octanol–water partition coefficient (Wildman–Crippen LogP) is 3.91. The number of aryl methyl sites for hydroxylation is 1. The second-order valence-corrected chi connectivity index (χ2v) is 5.65. The van der Waals surface area contributed by atoms with Crippen LogP contribution in [0, 0.1) is 12.7 Å². The molecule has 106 valence electrons. The summed E-state index contributed by atoms with van der Waals surface area (Å²) in [6, 6.07) is 4.74. The Morgan fingerprint density at radius 3 is 2.32 bits per heavy atom. The highest BCUT2D eigenvalue weighted by molar-refractivity contribution is 5.27. The van der Waals surface area contributed by atoms with E-state index in [0.717, 1.165) is 31.2 Å². The summed E-state index contributed by atoms with van der Waals surface area (Å²) in [5.41, 5.74) is 0.895. The van der Waals surface area contributed by atoms with E-state index in [1.165, 1.54) is 25.0 Å². The molecule has 1 atom stereocenters. The number of hydrogen-bond acceptors (Lipinski definition) is 2. The first-order valence-corrected chi connectivity index (χ1v) is 7.08. The smallest absolute Gasteiger partial charge is 0.123 e. The topological polar surface area (TPSA) is 29.5 Å². The molecule has 3 heteroatoms. The summed E-state index contributed by atoms with van der Waals surface area (Å²) in [7, 11) is 1.65. The Bertz CT molecular complexity index is 403. The summed E-state index contributed by atoms with van der Waals surface area (Å²) >= 11 is 0. The minimum atomic E-state index is -0.759. The number of rotatable bonds is 3. The Morgan fingerprint density at radius 2 is 1.79 bits per heavy atom. The highest BCUT2D eigenvalue weighted by atomic mass is 19.1. The van der Waals surface area contributed by atoms with Gasteiger partial charge in [-0.1, -0.05) is 31.7 Å². The molecule has 1 unspecified atom stereocenters. The summed E-state index contributed by atoms with van der Waals surface area (Å²) in [4.78, 5) is 0. The summed E-state index contributed by atoms with van der Waals surface area (Å²) in [5.74, 6) is -0.297. The van der Waals surface area contributed by atoms with E-state index >= 15 is 0 Å². The van der Waals surface area contributed by atoms with Crippen molar-refractivity contribution in [2.45, 2.75) is 57.2 Å². The third kappa shape index (κ3) is 3.15. The first-order valence-electron chi connectivity index (χ1n) is 7.08. The molecule has 1 aromatic rings. The third-order valence-corrected chi connectivity index (χ3v) is 4.23. The van der Waals surface area contributed by atoms with Gasteiger partial charge in [0.25, 0.3) is 0 Å². The van der Waals surface area contributed by atoms with E-state index in [4.69, 9.17) is 4.74 Å². The monoisotopic (exact) mass is 266 g/mol. The zero-order chi connectivity index (χ0) is 13.9. The zero-order valence-electron chi connectivity index (χ0n) is 11.8. The average Bonchev–Trinajstić information content (AvgIpc) is 2.63. The van der Waals surface area contributed by atoms with Crippen molar-refractivity contribution in [3.63, 3.8) is 0 Å². The van der Waals surface area contributed by atoms with E-state index in [9.17, 15) is 9.50 Å². The van der Waals surface area contributed by atoms with Gasteiger partial charge >= 0.3 is 0 Å². The molecule has 0 bridgehead atoms. The Labute approximate surface area is 114 Å². The lowest BCUT2D eigenvalue weighted by atomic mass is 9.84. The molecule has 0 aromatic heterocycles. The lowest BCUT2D eigenvalue weighted by Gasteiger charge is -2.36. The molecule has 1 aromatic carbocycles. The van der Waals surface area contributed by atoms with Gasteiger partial charge in [0, 0.05) is 7.11 Å². The Balaban J connectivity index is 2.30. The number of ether oxygens (including phenoxy) is 1. The van der Waals surface area contributed by atoms with Crippen LogP contribution in [0.1, 0.15) is 55.8 Å². The first-order chi connectivity index (χ1) is 9.07. The van der Waals surface area contributed by atoms with Crippen molar-refractivity contribution in [3.8, 4) is 0 Å². The molecule has 0 aliphatic heterocycles. The van der Waals surface area contributed by atoms with Gasteiger partial charge in [-0.25, -0.2) is 4.39 Å². The number of methoxy groups -OCH3 is 1. The second kappa shape index (κ2) is 6.02. The van der Waals surface area contributed by atoms with Crippen LogP contribution in [0.5, 0.6) is 0 Å². The molecule has 2 rings (SSSR count). The lowest BCUT2D eigenvalue weighted by molar-refractivity contribution is -0.114. The molecular weight excluding hydrogens is 243 g/mol. The minimum absolute atomic E-state index is 0.297. The van der Waals surface area contributed by atoms with Gasteiger partial charge < -0.3 is 9.84 Å². The third-order valence-electron chi connectivity index (χ3n) is 4.23. The van der Waals surface area contributed by atoms with Gasteiger partial charge in [-0.3, -0.25) is 0 Å². The van der Waals surface area contributed by atoms with Crippen molar-refractivity contribution in [1.82, 2.24) is 0 Å². The molecule has 0 saturated heterocycles. The second-order valence-electron chi connectivity index (χ2n) is 5.65. The molecule has 0 heterocycles. The summed E-state index contributed by atoms with van der Waals surface area (Å²) in [6.07, 6.45) is 5.38. The van der Waals surface area contributed by atoms with Gasteiger partial charge in [0.2, 0.25) is 0 Å². The number of aliphatic hydroxyl groups is 1. The molecular formula is C16H23FO2. The van der Waals surface area contributed by atoms with Crippen molar-refractivity contribution < 1.29 is 14.2 Å². The maximum Gasteiger partial charge on any atom is 0.123 e. The molecule has 2 nitrogen and oxygen atoms in total.